The van der Waals surface area contributed by atoms with E-state index in [-0.39, 0.29) is 4.90 Å². The fourth-order valence-corrected chi connectivity index (χ4v) is 4.85. The summed E-state index contributed by atoms with van der Waals surface area (Å²) in [6.45, 7) is 5.23. The van der Waals surface area contributed by atoms with Crippen LogP contribution < -0.4 is 9.73 Å². The van der Waals surface area contributed by atoms with Crippen molar-refractivity contribution in [1.29, 1.82) is 0 Å². The molecule has 0 aliphatic rings. The standard InChI is InChI=1S/C24H23Cl2N3O3S/c1-16-4-10-22(11-5-16)33(31,32)29(21-9-6-17(2)18(3)12-21)15-24(30)28-27-14-19-7-8-20(25)13-23(19)26/h4-14H,15H2,1-3H3,(H,28,30). The fraction of sp³-hybridized carbons (Fsp3) is 0.167. The molecule has 0 radical (unpaired) electrons. The molecule has 3 aromatic rings. The molecule has 33 heavy (non-hydrogen) atoms. The molecule has 6 nitrogen and oxygen atoms in total. The molecule has 0 fully saturated rings. The van der Waals surface area contributed by atoms with Crippen molar-refractivity contribution < 1.29 is 13.2 Å². The van der Waals surface area contributed by atoms with Crippen LogP contribution in [0.1, 0.15) is 22.3 Å². The second kappa shape index (κ2) is 10.4. The highest BCUT2D eigenvalue weighted by atomic mass is 35.5. The lowest BCUT2D eigenvalue weighted by Crippen LogP contribution is -2.39. The summed E-state index contributed by atoms with van der Waals surface area (Å²) in [4.78, 5) is 12.7. The normalized spacial score (nSPS) is 11.5. The Kier molecular flexibility index (Phi) is 7.79. The molecule has 0 heterocycles. The molecule has 0 aliphatic heterocycles. The summed E-state index contributed by atoms with van der Waals surface area (Å²) >= 11 is 12.0. The second-order valence-electron chi connectivity index (χ2n) is 7.55. The predicted molar refractivity (Wildman–Crippen MR) is 134 cm³/mol. The van der Waals surface area contributed by atoms with Crippen molar-refractivity contribution in [3.63, 3.8) is 0 Å². The van der Waals surface area contributed by atoms with E-state index < -0.39 is 22.5 Å². The first-order valence-electron chi connectivity index (χ1n) is 10.0. The zero-order valence-corrected chi connectivity index (χ0v) is 20.7. The lowest BCUT2D eigenvalue weighted by Gasteiger charge is -2.24. The SMILES string of the molecule is Cc1ccc(S(=O)(=O)N(CC(=O)NN=Cc2ccc(Cl)cc2Cl)c2ccc(C)c(C)c2)cc1. The van der Waals surface area contributed by atoms with E-state index in [2.05, 4.69) is 10.5 Å². The molecule has 3 aromatic carbocycles. The van der Waals surface area contributed by atoms with Crippen LogP contribution in [0.3, 0.4) is 0 Å². The Labute approximate surface area is 203 Å². The van der Waals surface area contributed by atoms with Crippen molar-refractivity contribution in [3.05, 3.63) is 93.0 Å². The number of hydrogen-bond donors (Lipinski definition) is 1. The van der Waals surface area contributed by atoms with E-state index in [1.165, 1.54) is 18.3 Å². The summed E-state index contributed by atoms with van der Waals surface area (Å²) in [7, 11) is -4.00. The lowest BCUT2D eigenvalue weighted by atomic mass is 10.1. The second-order valence-corrected chi connectivity index (χ2v) is 10.3. The number of nitrogens with one attached hydrogen (secondary N) is 1. The highest BCUT2D eigenvalue weighted by Crippen LogP contribution is 2.26. The van der Waals surface area contributed by atoms with E-state index in [1.54, 1.807) is 42.5 Å². The number of carbonyl (C=O) groups is 1. The molecule has 3 rings (SSSR count). The fourth-order valence-electron chi connectivity index (χ4n) is 2.98. The van der Waals surface area contributed by atoms with Gasteiger partial charge in [-0.15, -0.1) is 0 Å². The summed E-state index contributed by atoms with van der Waals surface area (Å²) in [5.41, 5.74) is 6.16. The molecule has 0 aliphatic carbocycles. The van der Waals surface area contributed by atoms with Crippen LogP contribution in [-0.2, 0) is 14.8 Å². The molecule has 0 saturated heterocycles. The number of sulfonamides is 1. The number of halogens is 2. The third-order valence-corrected chi connectivity index (χ3v) is 7.38. The van der Waals surface area contributed by atoms with Crippen LogP contribution in [0.15, 0.2) is 70.7 Å². The quantitative estimate of drug-likeness (QED) is 0.352. The topological polar surface area (TPSA) is 78.8 Å². The van der Waals surface area contributed by atoms with Gasteiger partial charge in [-0.2, -0.15) is 5.10 Å². The molecular formula is C24H23Cl2N3O3S. The minimum absolute atomic E-state index is 0.0931. The highest BCUT2D eigenvalue weighted by molar-refractivity contribution is 7.92. The van der Waals surface area contributed by atoms with Gasteiger partial charge in [0.2, 0.25) is 0 Å². The van der Waals surface area contributed by atoms with Crippen molar-refractivity contribution in [2.45, 2.75) is 25.7 Å². The van der Waals surface area contributed by atoms with Gasteiger partial charge < -0.3 is 0 Å². The molecule has 0 saturated carbocycles. The Morgan fingerprint density at radius 1 is 0.970 bits per heavy atom. The van der Waals surface area contributed by atoms with Crippen LogP contribution >= 0.6 is 23.2 Å². The first kappa shape index (κ1) is 24.8. The van der Waals surface area contributed by atoms with Crippen molar-refractivity contribution >= 4 is 51.0 Å². The highest BCUT2D eigenvalue weighted by Gasteiger charge is 2.27. The Morgan fingerprint density at radius 3 is 2.30 bits per heavy atom. The van der Waals surface area contributed by atoms with Crippen molar-refractivity contribution in [1.82, 2.24) is 5.43 Å². The van der Waals surface area contributed by atoms with Gasteiger partial charge >= 0.3 is 0 Å². The summed E-state index contributed by atoms with van der Waals surface area (Å²) in [6.07, 6.45) is 1.37. The molecule has 1 amide bonds. The summed E-state index contributed by atoms with van der Waals surface area (Å²) in [5, 5.41) is 4.76. The zero-order valence-electron chi connectivity index (χ0n) is 18.3. The molecule has 0 bridgehead atoms. The van der Waals surface area contributed by atoms with Crippen molar-refractivity contribution in [2.24, 2.45) is 5.10 Å². The molecule has 0 spiro atoms. The smallest absolute Gasteiger partial charge is 0.264 e. The van der Waals surface area contributed by atoms with Gasteiger partial charge in [-0.3, -0.25) is 9.10 Å². The molecule has 0 atom stereocenters. The summed E-state index contributed by atoms with van der Waals surface area (Å²) in [5.74, 6) is -0.606. The first-order chi connectivity index (χ1) is 15.6. The van der Waals surface area contributed by atoms with Gasteiger partial charge in [0.15, 0.2) is 0 Å². The van der Waals surface area contributed by atoms with Gasteiger partial charge in [0.1, 0.15) is 6.54 Å². The van der Waals surface area contributed by atoms with E-state index in [1.807, 2.05) is 26.8 Å². The molecule has 0 unspecified atom stereocenters. The van der Waals surface area contributed by atoms with E-state index in [4.69, 9.17) is 23.2 Å². The number of benzene rings is 3. The van der Waals surface area contributed by atoms with E-state index in [0.717, 1.165) is 21.0 Å². The van der Waals surface area contributed by atoms with Crippen LogP contribution in [0.5, 0.6) is 0 Å². The predicted octanol–water partition coefficient (Wildman–Crippen LogP) is 5.26. The van der Waals surface area contributed by atoms with Gasteiger partial charge in [0.25, 0.3) is 15.9 Å². The Hall–Kier alpha value is -2.87. The average Bonchev–Trinajstić information content (AvgIpc) is 2.76. The number of hydrogen-bond acceptors (Lipinski definition) is 4. The largest absolute Gasteiger partial charge is 0.271 e. The monoisotopic (exact) mass is 503 g/mol. The maximum absolute atomic E-state index is 13.4. The van der Waals surface area contributed by atoms with E-state index in [9.17, 15) is 13.2 Å². The third kappa shape index (κ3) is 6.13. The number of aryl methyl sites for hydroxylation is 3. The molecular weight excluding hydrogens is 481 g/mol. The van der Waals surface area contributed by atoms with Crippen LogP contribution in [0.25, 0.3) is 0 Å². The minimum atomic E-state index is -4.00. The molecule has 9 heteroatoms. The number of hydrazone groups is 1. The van der Waals surface area contributed by atoms with Crippen LogP contribution in [0.2, 0.25) is 10.0 Å². The summed E-state index contributed by atoms with van der Waals surface area (Å²) in [6, 6.07) is 16.6. The van der Waals surface area contributed by atoms with Gasteiger partial charge in [-0.1, -0.05) is 53.0 Å². The number of amides is 1. The van der Waals surface area contributed by atoms with E-state index in [0.29, 0.717) is 21.3 Å². The lowest BCUT2D eigenvalue weighted by molar-refractivity contribution is -0.119. The van der Waals surface area contributed by atoms with Gasteiger partial charge in [0.05, 0.1) is 21.8 Å². The van der Waals surface area contributed by atoms with Crippen LogP contribution in [-0.4, -0.2) is 27.1 Å². The van der Waals surface area contributed by atoms with Crippen molar-refractivity contribution in [3.8, 4) is 0 Å². The van der Waals surface area contributed by atoms with Crippen LogP contribution in [0, 0.1) is 20.8 Å². The first-order valence-corrected chi connectivity index (χ1v) is 12.2. The molecule has 0 aromatic heterocycles. The van der Waals surface area contributed by atoms with Crippen molar-refractivity contribution in [2.75, 3.05) is 10.8 Å². The van der Waals surface area contributed by atoms with Gasteiger partial charge in [0, 0.05) is 10.6 Å². The van der Waals surface area contributed by atoms with Gasteiger partial charge in [-0.25, -0.2) is 13.8 Å². The average molecular weight is 504 g/mol. The Bertz CT molecular complexity index is 1310. The van der Waals surface area contributed by atoms with E-state index >= 15 is 0 Å². The maximum Gasteiger partial charge on any atom is 0.264 e. The number of carbonyl (C=O) groups excluding carboxylic acids is 1. The van der Waals surface area contributed by atoms with Gasteiger partial charge in [-0.05, 0) is 68.3 Å². The third-order valence-electron chi connectivity index (χ3n) is 5.03. The Morgan fingerprint density at radius 2 is 1.67 bits per heavy atom. The Balaban J connectivity index is 1.87. The molecule has 1 N–H and O–H groups in total. The summed E-state index contributed by atoms with van der Waals surface area (Å²) < 4.78 is 27.9. The zero-order chi connectivity index (χ0) is 24.2. The number of anilines is 1. The number of rotatable bonds is 7. The van der Waals surface area contributed by atoms with Crippen LogP contribution in [0.4, 0.5) is 5.69 Å². The molecule has 172 valence electrons. The number of nitrogens with zero attached hydrogens (tertiary/aromatic N) is 2. The maximum atomic E-state index is 13.4. The minimum Gasteiger partial charge on any atom is -0.271 e.